The van der Waals surface area contributed by atoms with Gasteiger partial charge in [0.05, 0.1) is 11.7 Å². The predicted octanol–water partition coefficient (Wildman–Crippen LogP) is 2.67. The topological polar surface area (TPSA) is 78.8 Å². The fourth-order valence-electron chi connectivity index (χ4n) is 3.35. The van der Waals surface area contributed by atoms with Crippen LogP contribution in [0.15, 0.2) is 30.6 Å². The molecule has 3 heterocycles. The summed E-state index contributed by atoms with van der Waals surface area (Å²) in [4.78, 5) is 14.8. The molecular formula is C18H23ClN6O. The molecule has 0 radical (unpaired) electrons. The highest BCUT2D eigenvalue weighted by Gasteiger charge is 2.24. The van der Waals surface area contributed by atoms with Crippen LogP contribution >= 0.6 is 12.4 Å². The molecule has 138 valence electrons. The van der Waals surface area contributed by atoms with Crippen molar-refractivity contribution in [2.45, 2.75) is 12.8 Å². The number of hydrogen-bond acceptors (Lipinski definition) is 4. The maximum absolute atomic E-state index is 12.6. The number of aromatic nitrogens is 4. The third-order valence-corrected chi connectivity index (χ3v) is 4.93. The van der Waals surface area contributed by atoms with E-state index in [4.69, 9.17) is 0 Å². The number of halogens is 1. The van der Waals surface area contributed by atoms with Gasteiger partial charge in [0, 0.05) is 30.1 Å². The number of hydrogen-bond donors (Lipinski definition) is 2. The molecule has 0 unspecified atom stereocenters. The van der Waals surface area contributed by atoms with Crippen LogP contribution < -0.4 is 5.32 Å². The van der Waals surface area contributed by atoms with E-state index in [0.717, 1.165) is 48.0 Å². The maximum Gasteiger partial charge on any atom is 0.228 e. The Kier molecular flexibility index (Phi) is 5.29. The van der Waals surface area contributed by atoms with Gasteiger partial charge in [0.15, 0.2) is 5.82 Å². The Morgan fingerprint density at radius 2 is 2.00 bits per heavy atom. The molecule has 1 aliphatic heterocycles. The van der Waals surface area contributed by atoms with Crippen molar-refractivity contribution >= 4 is 35.0 Å². The summed E-state index contributed by atoms with van der Waals surface area (Å²) in [5.74, 6) is 0.724. The molecule has 3 aromatic rings. The Bertz CT molecular complexity index is 909. The first kappa shape index (κ1) is 18.4. The van der Waals surface area contributed by atoms with E-state index in [9.17, 15) is 4.79 Å². The van der Waals surface area contributed by atoms with E-state index >= 15 is 0 Å². The van der Waals surface area contributed by atoms with Crippen LogP contribution in [0.4, 0.5) is 5.82 Å². The summed E-state index contributed by atoms with van der Waals surface area (Å²) in [5.41, 5.74) is 3.00. The molecule has 2 N–H and O–H groups in total. The second-order valence-electron chi connectivity index (χ2n) is 6.80. The first-order chi connectivity index (χ1) is 12.1. The third-order valence-electron chi connectivity index (χ3n) is 4.93. The number of amides is 1. The highest BCUT2D eigenvalue weighted by Crippen LogP contribution is 2.28. The molecule has 8 heteroatoms. The number of anilines is 1. The second-order valence-corrected chi connectivity index (χ2v) is 6.80. The van der Waals surface area contributed by atoms with Gasteiger partial charge < -0.3 is 10.2 Å². The normalized spacial score (nSPS) is 15.8. The smallest absolute Gasteiger partial charge is 0.228 e. The summed E-state index contributed by atoms with van der Waals surface area (Å²) < 4.78 is 1.78. The van der Waals surface area contributed by atoms with Gasteiger partial charge in [-0.1, -0.05) is 6.07 Å². The summed E-state index contributed by atoms with van der Waals surface area (Å²) in [5, 5.41) is 15.4. The van der Waals surface area contributed by atoms with E-state index in [1.807, 2.05) is 37.6 Å². The maximum atomic E-state index is 12.6. The van der Waals surface area contributed by atoms with Crippen LogP contribution in [0, 0.1) is 5.92 Å². The van der Waals surface area contributed by atoms with Crippen molar-refractivity contribution in [1.82, 2.24) is 24.9 Å². The third kappa shape index (κ3) is 3.59. The molecule has 1 aliphatic rings. The quantitative estimate of drug-likeness (QED) is 0.738. The van der Waals surface area contributed by atoms with Crippen molar-refractivity contribution in [1.29, 1.82) is 0 Å². The Balaban J connectivity index is 0.00000196. The van der Waals surface area contributed by atoms with E-state index in [0.29, 0.717) is 5.82 Å². The van der Waals surface area contributed by atoms with Crippen molar-refractivity contribution in [2.24, 2.45) is 13.0 Å². The summed E-state index contributed by atoms with van der Waals surface area (Å²) in [6.45, 7) is 1.93. The average Bonchev–Trinajstić information content (AvgIpc) is 3.22. The molecule has 0 atom stereocenters. The lowest BCUT2D eigenvalue weighted by Crippen LogP contribution is -2.36. The zero-order chi connectivity index (χ0) is 17.4. The van der Waals surface area contributed by atoms with Crippen LogP contribution in [-0.2, 0) is 11.8 Å². The molecule has 7 nitrogen and oxygen atoms in total. The van der Waals surface area contributed by atoms with Gasteiger partial charge in [0.2, 0.25) is 5.91 Å². The van der Waals surface area contributed by atoms with Gasteiger partial charge in [-0.3, -0.25) is 14.6 Å². The standard InChI is InChI=1S/C18H22N6O.ClH/c1-23-7-5-12(6-8-23)18(25)20-17-15-9-13(3-4-16(15)21-22-17)14-10-19-24(2)11-14;/h3-4,9-12H,5-8H2,1-2H3,(H2,20,21,22,25);1H. The number of likely N-dealkylation sites (tertiary alicyclic amines) is 1. The summed E-state index contributed by atoms with van der Waals surface area (Å²) >= 11 is 0. The highest BCUT2D eigenvalue weighted by atomic mass is 35.5. The number of carbonyl (C=O) groups is 1. The van der Waals surface area contributed by atoms with Gasteiger partial charge in [-0.25, -0.2) is 0 Å². The number of carbonyl (C=O) groups excluding carboxylic acids is 1. The lowest BCUT2D eigenvalue weighted by Gasteiger charge is -2.27. The SMILES string of the molecule is CN1CCC(C(=O)Nc2n[nH]c3ccc(-c4cnn(C)c4)cc23)CC1.Cl. The zero-order valence-electron chi connectivity index (χ0n) is 14.9. The van der Waals surface area contributed by atoms with E-state index in [1.54, 1.807) is 4.68 Å². The van der Waals surface area contributed by atoms with Crippen LogP contribution in [0.2, 0.25) is 0 Å². The first-order valence-electron chi connectivity index (χ1n) is 8.57. The molecule has 1 aromatic carbocycles. The van der Waals surface area contributed by atoms with Gasteiger partial charge in [0.25, 0.3) is 0 Å². The van der Waals surface area contributed by atoms with Crippen LogP contribution in [0.1, 0.15) is 12.8 Å². The van der Waals surface area contributed by atoms with Crippen molar-refractivity contribution in [3.8, 4) is 11.1 Å². The molecule has 1 saturated heterocycles. The minimum atomic E-state index is 0. The Morgan fingerprint density at radius 1 is 1.23 bits per heavy atom. The minimum absolute atomic E-state index is 0. The van der Waals surface area contributed by atoms with Gasteiger partial charge in [0.1, 0.15) is 0 Å². The predicted molar refractivity (Wildman–Crippen MR) is 104 cm³/mol. The largest absolute Gasteiger partial charge is 0.308 e. The van der Waals surface area contributed by atoms with Crippen molar-refractivity contribution < 1.29 is 4.79 Å². The fourth-order valence-corrected chi connectivity index (χ4v) is 3.35. The number of nitrogens with one attached hydrogen (secondary N) is 2. The summed E-state index contributed by atoms with van der Waals surface area (Å²) in [6.07, 6.45) is 5.59. The average molecular weight is 375 g/mol. The summed E-state index contributed by atoms with van der Waals surface area (Å²) in [7, 11) is 3.99. The molecule has 0 bridgehead atoms. The molecule has 1 fully saturated rings. The molecule has 0 aliphatic carbocycles. The van der Waals surface area contributed by atoms with Crippen LogP contribution in [0.3, 0.4) is 0 Å². The van der Waals surface area contributed by atoms with Gasteiger partial charge >= 0.3 is 0 Å². The van der Waals surface area contributed by atoms with Crippen LogP contribution in [0.5, 0.6) is 0 Å². The summed E-state index contributed by atoms with van der Waals surface area (Å²) in [6, 6.07) is 6.05. The van der Waals surface area contributed by atoms with Gasteiger partial charge in [-0.2, -0.15) is 10.2 Å². The van der Waals surface area contributed by atoms with Gasteiger partial charge in [-0.05, 0) is 50.7 Å². The number of aromatic amines is 1. The van der Waals surface area contributed by atoms with Crippen molar-refractivity contribution in [2.75, 3.05) is 25.5 Å². The second kappa shape index (κ2) is 7.47. The molecular weight excluding hydrogens is 352 g/mol. The van der Waals surface area contributed by atoms with Crippen LogP contribution in [0.25, 0.3) is 22.0 Å². The Morgan fingerprint density at radius 3 is 2.69 bits per heavy atom. The van der Waals surface area contributed by atoms with Crippen molar-refractivity contribution in [3.05, 3.63) is 30.6 Å². The number of H-pyrrole nitrogens is 1. The molecule has 2 aromatic heterocycles. The minimum Gasteiger partial charge on any atom is -0.308 e. The Hall–Kier alpha value is -2.38. The van der Waals surface area contributed by atoms with E-state index in [2.05, 4.69) is 32.6 Å². The number of benzene rings is 1. The lowest BCUT2D eigenvalue weighted by atomic mass is 9.96. The molecule has 1 amide bonds. The monoisotopic (exact) mass is 374 g/mol. The Labute approximate surface area is 158 Å². The number of fused-ring (bicyclic) bond motifs is 1. The fraction of sp³-hybridized carbons (Fsp3) is 0.389. The number of piperidine rings is 1. The molecule has 4 rings (SSSR count). The van der Waals surface area contributed by atoms with Crippen molar-refractivity contribution in [3.63, 3.8) is 0 Å². The molecule has 0 spiro atoms. The van der Waals surface area contributed by atoms with E-state index < -0.39 is 0 Å². The van der Waals surface area contributed by atoms with Crippen LogP contribution in [-0.4, -0.2) is 50.9 Å². The zero-order valence-corrected chi connectivity index (χ0v) is 15.7. The number of rotatable bonds is 3. The number of nitrogens with zero attached hydrogens (tertiary/aromatic N) is 4. The molecule has 0 saturated carbocycles. The van der Waals surface area contributed by atoms with E-state index in [-0.39, 0.29) is 24.2 Å². The van der Waals surface area contributed by atoms with E-state index in [1.165, 1.54) is 0 Å². The number of aryl methyl sites for hydroxylation is 1. The first-order valence-corrected chi connectivity index (χ1v) is 8.57. The van der Waals surface area contributed by atoms with Gasteiger partial charge in [-0.15, -0.1) is 12.4 Å². The highest BCUT2D eigenvalue weighted by molar-refractivity contribution is 6.01. The molecule has 26 heavy (non-hydrogen) atoms. The lowest BCUT2D eigenvalue weighted by molar-refractivity contribution is -0.121.